The fourth-order valence-corrected chi connectivity index (χ4v) is 3.95. The summed E-state index contributed by atoms with van der Waals surface area (Å²) in [6, 6.07) is 6.54. The van der Waals surface area contributed by atoms with E-state index in [1.165, 1.54) is 6.92 Å². The first-order chi connectivity index (χ1) is 14.3. The molecule has 2 N–H and O–H groups in total. The van der Waals surface area contributed by atoms with Gasteiger partial charge in [-0.3, -0.25) is 28.9 Å². The van der Waals surface area contributed by atoms with Gasteiger partial charge in [0, 0.05) is 24.8 Å². The normalized spacial score (nSPS) is 20.5. The number of esters is 1. The molecule has 1 aromatic carbocycles. The van der Waals surface area contributed by atoms with Crippen molar-refractivity contribution in [2.75, 3.05) is 23.8 Å². The standard InChI is InChI=1S/C21H25N3O6/c1-13(25)22-14-5-4-6-15(11-14)23-18(26)12-30-19(27)9-10-24-20(28)16-7-2-3-8-17(16)21(24)29/h4-6,11,16-17H,2-3,7-10,12H2,1H3,(H,22,25)(H,23,26)/t16-,17-/m0/s1. The van der Waals surface area contributed by atoms with Crippen molar-refractivity contribution in [3.8, 4) is 0 Å². The molecule has 0 aromatic heterocycles. The van der Waals surface area contributed by atoms with Crippen LogP contribution in [0.3, 0.4) is 0 Å². The molecule has 1 aliphatic carbocycles. The lowest BCUT2D eigenvalue weighted by molar-refractivity contribution is -0.148. The largest absolute Gasteiger partial charge is 0.456 e. The lowest BCUT2D eigenvalue weighted by atomic mass is 9.81. The quantitative estimate of drug-likeness (QED) is 0.516. The average molecular weight is 415 g/mol. The van der Waals surface area contributed by atoms with E-state index in [2.05, 4.69) is 10.6 Å². The fraction of sp³-hybridized carbons (Fsp3) is 0.476. The molecule has 1 aliphatic heterocycles. The SMILES string of the molecule is CC(=O)Nc1cccc(NC(=O)COC(=O)CCN2C(=O)[C@H]3CCCC[C@@H]3C2=O)c1. The number of rotatable bonds is 7. The van der Waals surface area contributed by atoms with Crippen LogP contribution in [0.1, 0.15) is 39.0 Å². The van der Waals surface area contributed by atoms with Crippen molar-refractivity contribution in [2.45, 2.75) is 39.0 Å². The number of hydrogen-bond acceptors (Lipinski definition) is 6. The fourth-order valence-electron chi connectivity index (χ4n) is 3.95. The van der Waals surface area contributed by atoms with Crippen molar-refractivity contribution in [3.63, 3.8) is 0 Å². The first kappa shape index (κ1) is 21.5. The minimum absolute atomic E-state index is 0.0239. The van der Waals surface area contributed by atoms with Crippen molar-refractivity contribution in [3.05, 3.63) is 24.3 Å². The van der Waals surface area contributed by atoms with Crippen LogP contribution in [-0.4, -0.2) is 47.6 Å². The summed E-state index contributed by atoms with van der Waals surface area (Å²) in [6.45, 7) is 0.863. The maximum absolute atomic E-state index is 12.4. The van der Waals surface area contributed by atoms with Crippen LogP contribution in [0.25, 0.3) is 0 Å². The molecule has 9 nitrogen and oxygen atoms in total. The lowest BCUT2D eigenvalue weighted by Gasteiger charge is -2.19. The van der Waals surface area contributed by atoms with Crippen molar-refractivity contribution < 1.29 is 28.7 Å². The number of carbonyl (C=O) groups is 5. The Kier molecular flexibility index (Phi) is 6.81. The van der Waals surface area contributed by atoms with Gasteiger partial charge in [-0.1, -0.05) is 18.9 Å². The summed E-state index contributed by atoms with van der Waals surface area (Å²) in [4.78, 5) is 61.0. The Bertz CT molecular complexity index is 844. The molecule has 1 heterocycles. The van der Waals surface area contributed by atoms with E-state index in [0.29, 0.717) is 11.4 Å². The molecule has 0 bridgehead atoms. The monoisotopic (exact) mass is 415 g/mol. The lowest BCUT2D eigenvalue weighted by Crippen LogP contribution is -2.33. The van der Waals surface area contributed by atoms with Crippen LogP contribution < -0.4 is 10.6 Å². The van der Waals surface area contributed by atoms with E-state index in [4.69, 9.17) is 4.74 Å². The van der Waals surface area contributed by atoms with Gasteiger partial charge in [0.2, 0.25) is 17.7 Å². The van der Waals surface area contributed by atoms with Gasteiger partial charge in [-0.2, -0.15) is 0 Å². The minimum atomic E-state index is -0.660. The van der Waals surface area contributed by atoms with Gasteiger partial charge in [0.05, 0.1) is 18.3 Å². The molecule has 160 valence electrons. The molecule has 1 saturated heterocycles. The zero-order chi connectivity index (χ0) is 21.7. The van der Waals surface area contributed by atoms with Gasteiger partial charge in [-0.05, 0) is 31.0 Å². The number of anilines is 2. The number of likely N-dealkylation sites (tertiary alicyclic amines) is 1. The Morgan fingerprint density at radius 3 is 2.23 bits per heavy atom. The summed E-state index contributed by atoms with van der Waals surface area (Å²) >= 11 is 0. The summed E-state index contributed by atoms with van der Waals surface area (Å²) in [6.07, 6.45) is 3.18. The molecule has 2 atom stereocenters. The van der Waals surface area contributed by atoms with Crippen LogP contribution in [0.4, 0.5) is 11.4 Å². The van der Waals surface area contributed by atoms with Crippen LogP contribution in [-0.2, 0) is 28.7 Å². The number of nitrogens with zero attached hydrogens (tertiary/aromatic N) is 1. The van der Waals surface area contributed by atoms with Gasteiger partial charge in [0.1, 0.15) is 0 Å². The highest BCUT2D eigenvalue weighted by Crippen LogP contribution is 2.37. The van der Waals surface area contributed by atoms with E-state index in [1.54, 1.807) is 24.3 Å². The average Bonchev–Trinajstić information content (AvgIpc) is 2.95. The van der Waals surface area contributed by atoms with Gasteiger partial charge in [-0.15, -0.1) is 0 Å². The van der Waals surface area contributed by atoms with Gasteiger partial charge in [0.15, 0.2) is 6.61 Å². The molecule has 2 fully saturated rings. The topological polar surface area (TPSA) is 122 Å². The zero-order valence-corrected chi connectivity index (χ0v) is 16.8. The number of ether oxygens (including phenoxy) is 1. The summed E-state index contributed by atoms with van der Waals surface area (Å²) in [5.41, 5.74) is 0.968. The molecular formula is C21H25N3O6. The summed E-state index contributed by atoms with van der Waals surface area (Å²) in [5, 5.41) is 5.17. The maximum Gasteiger partial charge on any atom is 0.308 e. The van der Waals surface area contributed by atoms with Gasteiger partial charge < -0.3 is 15.4 Å². The third-order valence-corrected chi connectivity index (χ3v) is 5.30. The second-order valence-corrected chi connectivity index (χ2v) is 7.55. The number of hydrogen-bond donors (Lipinski definition) is 2. The number of carbonyl (C=O) groups excluding carboxylic acids is 5. The van der Waals surface area contributed by atoms with Gasteiger partial charge in [-0.25, -0.2) is 0 Å². The molecule has 9 heteroatoms. The predicted octanol–water partition coefficient (Wildman–Crippen LogP) is 1.69. The first-order valence-corrected chi connectivity index (χ1v) is 10.0. The van der Waals surface area contributed by atoms with E-state index >= 15 is 0 Å². The Morgan fingerprint density at radius 2 is 1.63 bits per heavy atom. The molecule has 0 spiro atoms. The van der Waals surface area contributed by atoms with E-state index in [-0.39, 0.29) is 42.5 Å². The summed E-state index contributed by atoms with van der Waals surface area (Å²) < 4.78 is 4.95. The second-order valence-electron chi connectivity index (χ2n) is 7.55. The summed E-state index contributed by atoms with van der Waals surface area (Å²) in [7, 11) is 0. The van der Waals surface area contributed by atoms with E-state index < -0.39 is 18.5 Å². The first-order valence-electron chi connectivity index (χ1n) is 10.0. The minimum Gasteiger partial charge on any atom is -0.456 e. The van der Waals surface area contributed by atoms with Crippen LogP contribution in [0.5, 0.6) is 0 Å². The number of benzene rings is 1. The van der Waals surface area contributed by atoms with E-state index in [0.717, 1.165) is 30.6 Å². The predicted molar refractivity (Wildman–Crippen MR) is 107 cm³/mol. The number of imide groups is 1. The summed E-state index contributed by atoms with van der Waals surface area (Å²) in [5.74, 6) is -2.33. The maximum atomic E-state index is 12.4. The number of amides is 4. The molecule has 4 amide bonds. The van der Waals surface area contributed by atoms with Crippen LogP contribution >= 0.6 is 0 Å². The van der Waals surface area contributed by atoms with Gasteiger partial charge in [0.25, 0.3) is 5.91 Å². The van der Waals surface area contributed by atoms with Gasteiger partial charge >= 0.3 is 5.97 Å². The Labute approximate surface area is 174 Å². The Morgan fingerprint density at radius 1 is 1.03 bits per heavy atom. The van der Waals surface area contributed by atoms with Crippen LogP contribution in [0.2, 0.25) is 0 Å². The molecule has 0 radical (unpaired) electrons. The van der Waals surface area contributed by atoms with Crippen molar-refractivity contribution >= 4 is 41.0 Å². The molecule has 1 aromatic rings. The van der Waals surface area contributed by atoms with Crippen molar-refractivity contribution in [2.24, 2.45) is 11.8 Å². The number of nitrogens with one attached hydrogen (secondary N) is 2. The van der Waals surface area contributed by atoms with Crippen LogP contribution in [0, 0.1) is 11.8 Å². The van der Waals surface area contributed by atoms with Crippen LogP contribution in [0.15, 0.2) is 24.3 Å². The third kappa shape index (κ3) is 5.22. The molecule has 2 aliphatic rings. The molecule has 3 rings (SSSR count). The molecular weight excluding hydrogens is 390 g/mol. The van der Waals surface area contributed by atoms with E-state index in [1.807, 2.05) is 0 Å². The smallest absolute Gasteiger partial charge is 0.308 e. The highest BCUT2D eigenvalue weighted by molar-refractivity contribution is 6.05. The third-order valence-electron chi connectivity index (χ3n) is 5.30. The van der Waals surface area contributed by atoms with Crippen molar-refractivity contribution in [1.82, 2.24) is 4.90 Å². The van der Waals surface area contributed by atoms with Crippen molar-refractivity contribution in [1.29, 1.82) is 0 Å². The molecule has 30 heavy (non-hydrogen) atoms. The zero-order valence-electron chi connectivity index (χ0n) is 16.8. The molecule has 1 saturated carbocycles. The second kappa shape index (κ2) is 9.51. The molecule has 0 unspecified atom stereocenters. The highest BCUT2D eigenvalue weighted by atomic mass is 16.5. The number of fused-ring (bicyclic) bond motifs is 1. The van der Waals surface area contributed by atoms with E-state index in [9.17, 15) is 24.0 Å². The Hall–Kier alpha value is -3.23. The highest BCUT2D eigenvalue weighted by Gasteiger charge is 2.47. The Balaban J connectivity index is 1.42.